The molecule has 0 aromatic rings. The number of nitrogens with one attached hydrogen (secondary N) is 1. The molecule has 0 bridgehead atoms. The van der Waals surface area contributed by atoms with E-state index in [0.717, 1.165) is 39.1 Å². The summed E-state index contributed by atoms with van der Waals surface area (Å²) in [6.45, 7) is 11.8. The molecule has 108 valence electrons. The maximum atomic E-state index is 10.5. The number of carboxylic acids is 1. The van der Waals surface area contributed by atoms with Crippen LogP contribution in [-0.2, 0) is 9.53 Å². The fraction of sp³-hybridized carbons (Fsp3) is 0.929. The molecule has 0 aliphatic heterocycles. The molecule has 0 heterocycles. The molecule has 0 amide bonds. The van der Waals surface area contributed by atoms with Gasteiger partial charge in [0.25, 0.3) is 0 Å². The van der Waals surface area contributed by atoms with Gasteiger partial charge in [0.15, 0.2) is 0 Å². The van der Waals surface area contributed by atoms with Crippen molar-refractivity contribution in [2.45, 2.75) is 47.0 Å². The Bertz CT molecular complexity index is 227. The summed E-state index contributed by atoms with van der Waals surface area (Å²) in [4.78, 5) is 10.5. The first-order valence-corrected chi connectivity index (χ1v) is 6.84. The number of carboxylic acid groups (broad SMARTS) is 1. The van der Waals surface area contributed by atoms with Crippen molar-refractivity contribution in [1.29, 1.82) is 0 Å². The molecule has 2 N–H and O–H groups in total. The lowest BCUT2D eigenvalue weighted by Crippen LogP contribution is -2.26. The Morgan fingerprint density at radius 2 is 1.94 bits per heavy atom. The lowest BCUT2D eigenvalue weighted by atomic mass is 9.84. The monoisotopic (exact) mass is 259 g/mol. The lowest BCUT2D eigenvalue weighted by molar-refractivity contribution is -0.137. The SMILES string of the molecule is CC(C)COCCNCCC(C)(C)CCC(=O)O. The van der Waals surface area contributed by atoms with Crippen LogP contribution >= 0.6 is 0 Å². The first-order valence-electron chi connectivity index (χ1n) is 6.84. The molecular weight excluding hydrogens is 230 g/mol. The zero-order valence-electron chi connectivity index (χ0n) is 12.3. The highest BCUT2D eigenvalue weighted by molar-refractivity contribution is 5.66. The van der Waals surface area contributed by atoms with Gasteiger partial charge in [0.05, 0.1) is 6.61 Å². The van der Waals surface area contributed by atoms with Gasteiger partial charge in [-0.3, -0.25) is 4.79 Å². The van der Waals surface area contributed by atoms with Crippen LogP contribution in [0.2, 0.25) is 0 Å². The molecule has 0 aromatic carbocycles. The van der Waals surface area contributed by atoms with E-state index in [9.17, 15) is 4.79 Å². The van der Waals surface area contributed by atoms with Crippen molar-refractivity contribution in [2.24, 2.45) is 11.3 Å². The lowest BCUT2D eigenvalue weighted by Gasteiger charge is -2.23. The van der Waals surface area contributed by atoms with E-state index in [-0.39, 0.29) is 11.8 Å². The van der Waals surface area contributed by atoms with E-state index in [1.807, 2.05) is 0 Å². The van der Waals surface area contributed by atoms with Crippen molar-refractivity contribution in [1.82, 2.24) is 5.32 Å². The minimum Gasteiger partial charge on any atom is -0.481 e. The first kappa shape index (κ1) is 17.4. The zero-order valence-corrected chi connectivity index (χ0v) is 12.3. The average Bonchev–Trinajstić information content (AvgIpc) is 2.25. The molecule has 0 rings (SSSR count). The molecule has 4 heteroatoms. The summed E-state index contributed by atoms with van der Waals surface area (Å²) in [5.41, 5.74) is 0.0875. The Kier molecular flexibility index (Phi) is 9.02. The minimum absolute atomic E-state index is 0.0875. The molecule has 0 aliphatic rings. The molecule has 0 atom stereocenters. The molecule has 0 radical (unpaired) electrons. The van der Waals surface area contributed by atoms with Crippen LogP contribution in [0.5, 0.6) is 0 Å². The van der Waals surface area contributed by atoms with Crippen molar-refractivity contribution >= 4 is 5.97 Å². The second-order valence-corrected chi connectivity index (χ2v) is 6.03. The van der Waals surface area contributed by atoms with Crippen LogP contribution < -0.4 is 5.32 Å². The van der Waals surface area contributed by atoms with E-state index in [1.54, 1.807) is 0 Å². The molecular formula is C14H29NO3. The van der Waals surface area contributed by atoms with Crippen LogP contribution in [0.25, 0.3) is 0 Å². The van der Waals surface area contributed by atoms with E-state index >= 15 is 0 Å². The largest absolute Gasteiger partial charge is 0.481 e. The van der Waals surface area contributed by atoms with Gasteiger partial charge in [-0.2, -0.15) is 0 Å². The summed E-state index contributed by atoms with van der Waals surface area (Å²) in [5.74, 6) is -0.127. The number of ether oxygens (including phenoxy) is 1. The van der Waals surface area contributed by atoms with E-state index in [1.165, 1.54) is 0 Å². The van der Waals surface area contributed by atoms with Crippen LogP contribution in [0.4, 0.5) is 0 Å². The summed E-state index contributed by atoms with van der Waals surface area (Å²) < 4.78 is 5.47. The third kappa shape index (κ3) is 11.9. The third-order valence-corrected chi connectivity index (χ3v) is 2.87. The number of rotatable bonds is 11. The Hall–Kier alpha value is -0.610. The predicted molar refractivity (Wildman–Crippen MR) is 73.8 cm³/mol. The fourth-order valence-corrected chi connectivity index (χ4v) is 1.59. The van der Waals surface area contributed by atoms with Gasteiger partial charge in [-0.15, -0.1) is 0 Å². The van der Waals surface area contributed by atoms with Gasteiger partial charge in [0.1, 0.15) is 0 Å². The van der Waals surface area contributed by atoms with Crippen molar-refractivity contribution in [3.8, 4) is 0 Å². The van der Waals surface area contributed by atoms with Gasteiger partial charge in [0.2, 0.25) is 0 Å². The maximum absolute atomic E-state index is 10.5. The van der Waals surface area contributed by atoms with Crippen LogP contribution in [0.3, 0.4) is 0 Å². The van der Waals surface area contributed by atoms with Crippen LogP contribution in [0, 0.1) is 11.3 Å². The number of carbonyl (C=O) groups is 1. The van der Waals surface area contributed by atoms with Crippen molar-refractivity contribution in [2.75, 3.05) is 26.3 Å². The van der Waals surface area contributed by atoms with Crippen LogP contribution in [-0.4, -0.2) is 37.4 Å². The highest BCUT2D eigenvalue weighted by Crippen LogP contribution is 2.25. The van der Waals surface area contributed by atoms with Gasteiger partial charge < -0.3 is 15.2 Å². The van der Waals surface area contributed by atoms with Gasteiger partial charge >= 0.3 is 5.97 Å². The number of hydrogen-bond acceptors (Lipinski definition) is 3. The third-order valence-electron chi connectivity index (χ3n) is 2.87. The normalized spacial score (nSPS) is 12.1. The van der Waals surface area contributed by atoms with E-state index in [2.05, 4.69) is 33.0 Å². The average molecular weight is 259 g/mol. The number of aliphatic carboxylic acids is 1. The summed E-state index contributed by atoms with van der Waals surface area (Å²) in [5, 5.41) is 12.0. The highest BCUT2D eigenvalue weighted by Gasteiger charge is 2.18. The smallest absolute Gasteiger partial charge is 0.303 e. The summed E-state index contributed by atoms with van der Waals surface area (Å²) in [6.07, 6.45) is 1.98. The summed E-state index contributed by atoms with van der Waals surface area (Å²) in [7, 11) is 0. The fourth-order valence-electron chi connectivity index (χ4n) is 1.59. The molecule has 4 nitrogen and oxygen atoms in total. The topological polar surface area (TPSA) is 58.6 Å². The Balaban J connectivity index is 3.44. The summed E-state index contributed by atoms with van der Waals surface area (Å²) in [6, 6.07) is 0. The summed E-state index contributed by atoms with van der Waals surface area (Å²) >= 11 is 0. The minimum atomic E-state index is -0.710. The van der Waals surface area contributed by atoms with Gasteiger partial charge in [-0.05, 0) is 30.7 Å². The second-order valence-electron chi connectivity index (χ2n) is 6.03. The molecule has 0 fully saturated rings. The predicted octanol–water partition coefficient (Wildman–Crippen LogP) is 2.53. The van der Waals surface area contributed by atoms with E-state index in [4.69, 9.17) is 9.84 Å². The van der Waals surface area contributed by atoms with Crippen molar-refractivity contribution < 1.29 is 14.6 Å². The quantitative estimate of drug-likeness (QED) is 0.560. The van der Waals surface area contributed by atoms with Gasteiger partial charge in [0, 0.05) is 19.6 Å². The zero-order chi connectivity index (χ0) is 14.0. The Morgan fingerprint density at radius 1 is 1.28 bits per heavy atom. The van der Waals surface area contributed by atoms with Gasteiger partial charge in [-0.25, -0.2) is 0 Å². The molecule has 0 unspecified atom stereocenters. The Labute approximate surface area is 111 Å². The molecule has 0 spiro atoms. The second kappa shape index (κ2) is 9.34. The van der Waals surface area contributed by atoms with E-state index < -0.39 is 5.97 Å². The standard InChI is InChI=1S/C14H29NO3/c1-12(2)11-18-10-9-15-8-7-14(3,4)6-5-13(16)17/h12,15H,5-11H2,1-4H3,(H,16,17). The van der Waals surface area contributed by atoms with Crippen molar-refractivity contribution in [3.05, 3.63) is 0 Å². The first-order chi connectivity index (χ1) is 8.33. The van der Waals surface area contributed by atoms with Crippen LogP contribution in [0.15, 0.2) is 0 Å². The van der Waals surface area contributed by atoms with Gasteiger partial charge in [-0.1, -0.05) is 27.7 Å². The highest BCUT2D eigenvalue weighted by atomic mass is 16.5. The number of hydrogen-bond donors (Lipinski definition) is 2. The van der Waals surface area contributed by atoms with E-state index in [0.29, 0.717) is 5.92 Å². The Morgan fingerprint density at radius 3 is 2.50 bits per heavy atom. The molecule has 0 aromatic heterocycles. The van der Waals surface area contributed by atoms with Crippen LogP contribution in [0.1, 0.15) is 47.0 Å². The van der Waals surface area contributed by atoms with Crippen molar-refractivity contribution in [3.63, 3.8) is 0 Å². The molecule has 18 heavy (non-hydrogen) atoms. The maximum Gasteiger partial charge on any atom is 0.303 e. The molecule has 0 aliphatic carbocycles. The molecule has 0 saturated heterocycles. The molecule has 0 saturated carbocycles.